The normalized spacial score (nSPS) is 15.2. The summed E-state index contributed by atoms with van der Waals surface area (Å²) in [7, 11) is 0. The number of carbonyl (C=O) groups is 3. The number of carboxylic acids is 1. The number of aromatic nitrogens is 1. The van der Waals surface area contributed by atoms with Crippen molar-refractivity contribution < 1.29 is 19.5 Å². The van der Waals surface area contributed by atoms with Crippen molar-refractivity contribution in [2.24, 2.45) is 0 Å². The number of anilines is 1. The van der Waals surface area contributed by atoms with Crippen molar-refractivity contribution in [3.05, 3.63) is 88.8 Å². The molecule has 0 spiro atoms. The molecule has 0 bridgehead atoms. The van der Waals surface area contributed by atoms with Crippen LogP contribution >= 0.6 is 12.2 Å². The van der Waals surface area contributed by atoms with E-state index in [1.807, 2.05) is 54.8 Å². The zero-order chi connectivity index (χ0) is 23.0. The molecule has 1 aromatic heterocycles. The lowest BCUT2D eigenvalue weighted by Crippen LogP contribution is -2.54. The Labute approximate surface area is 189 Å². The summed E-state index contributed by atoms with van der Waals surface area (Å²) in [4.78, 5) is 38.1. The van der Waals surface area contributed by atoms with Gasteiger partial charge in [0.25, 0.3) is 11.8 Å². The van der Waals surface area contributed by atoms with Crippen molar-refractivity contribution in [1.82, 2.24) is 9.88 Å². The topological polar surface area (TPSA) is 91.6 Å². The fourth-order valence-corrected chi connectivity index (χ4v) is 3.99. The van der Waals surface area contributed by atoms with Crippen LogP contribution in [0.15, 0.2) is 66.2 Å². The summed E-state index contributed by atoms with van der Waals surface area (Å²) >= 11 is 5.21. The van der Waals surface area contributed by atoms with E-state index in [9.17, 15) is 14.4 Å². The van der Waals surface area contributed by atoms with Crippen LogP contribution in [0.5, 0.6) is 0 Å². The molecule has 1 aliphatic heterocycles. The Bertz CT molecular complexity index is 1290. The van der Waals surface area contributed by atoms with E-state index >= 15 is 0 Å². The predicted molar refractivity (Wildman–Crippen MR) is 125 cm³/mol. The number of benzene rings is 2. The summed E-state index contributed by atoms with van der Waals surface area (Å²) in [6.45, 7) is 3.88. The number of thiocarbonyl (C=S) groups is 1. The van der Waals surface area contributed by atoms with E-state index in [1.54, 1.807) is 6.08 Å². The van der Waals surface area contributed by atoms with Gasteiger partial charge in [-0.25, -0.2) is 4.79 Å². The number of carbonyl (C=O) groups excluding carboxylic acids is 2. The summed E-state index contributed by atoms with van der Waals surface area (Å²) in [6, 6.07) is 17.4. The quantitative estimate of drug-likeness (QED) is 0.364. The summed E-state index contributed by atoms with van der Waals surface area (Å²) in [5.74, 6) is -2.24. The summed E-state index contributed by atoms with van der Waals surface area (Å²) in [5.41, 5.74) is 3.94. The number of nitrogens with zero attached hydrogens (tertiary/aromatic N) is 2. The second-order valence-electron chi connectivity index (χ2n) is 7.31. The number of aryl methyl sites for hydroxylation is 1. The SMILES string of the molecule is Cc1cc(/C=C2/C(=O)NC(=S)N(c3ccc(C(=O)O)cc3)C2=O)c(C)n1-c1ccccc1. The number of hydrogen-bond donors (Lipinski definition) is 2. The summed E-state index contributed by atoms with van der Waals surface area (Å²) in [6.07, 6.45) is 1.56. The molecular weight excluding hydrogens is 426 g/mol. The van der Waals surface area contributed by atoms with Crippen molar-refractivity contribution >= 4 is 46.9 Å². The molecule has 160 valence electrons. The number of aromatic carboxylic acids is 1. The van der Waals surface area contributed by atoms with E-state index < -0.39 is 17.8 Å². The van der Waals surface area contributed by atoms with E-state index in [0.717, 1.165) is 22.6 Å². The van der Waals surface area contributed by atoms with Gasteiger partial charge >= 0.3 is 5.97 Å². The maximum absolute atomic E-state index is 13.2. The molecule has 2 amide bonds. The third-order valence-electron chi connectivity index (χ3n) is 5.26. The number of amides is 2. The van der Waals surface area contributed by atoms with Crippen molar-refractivity contribution in [1.29, 1.82) is 0 Å². The zero-order valence-electron chi connectivity index (χ0n) is 17.3. The van der Waals surface area contributed by atoms with Gasteiger partial charge in [0.05, 0.1) is 11.3 Å². The first-order chi connectivity index (χ1) is 15.3. The minimum atomic E-state index is -1.08. The highest BCUT2D eigenvalue weighted by atomic mass is 32.1. The second kappa shape index (κ2) is 8.24. The van der Waals surface area contributed by atoms with Crippen LogP contribution in [0, 0.1) is 13.8 Å². The van der Waals surface area contributed by atoms with Gasteiger partial charge in [-0.15, -0.1) is 0 Å². The van der Waals surface area contributed by atoms with Crippen LogP contribution in [0.3, 0.4) is 0 Å². The van der Waals surface area contributed by atoms with E-state index in [0.29, 0.717) is 5.69 Å². The number of para-hydroxylation sites is 1. The smallest absolute Gasteiger partial charge is 0.335 e. The van der Waals surface area contributed by atoms with E-state index in [4.69, 9.17) is 17.3 Å². The maximum atomic E-state index is 13.2. The molecule has 2 N–H and O–H groups in total. The summed E-state index contributed by atoms with van der Waals surface area (Å²) < 4.78 is 2.05. The fraction of sp³-hybridized carbons (Fsp3) is 0.0833. The van der Waals surface area contributed by atoms with Crippen LogP contribution in [0.2, 0.25) is 0 Å². The molecule has 0 radical (unpaired) electrons. The molecule has 7 nitrogen and oxygen atoms in total. The molecule has 2 heterocycles. The first-order valence-corrected chi connectivity index (χ1v) is 10.2. The monoisotopic (exact) mass is 445 g/mol. The Balaban J connectivity index is 1.73. The average molecular weight is 446 g/mol. The van der Waals surface area contributed by atoms with Crippen molar-refractivity contribution in [2.75, 3.05) is 4.90 Å². The van der Waals surface area contributed by atoms with Gasteiger partial charge in [0.2, 0.25) is 0 Å². The zero-order valence-corrected chi connectivity index (χ0v) is 18.1. The van der Waals surface area contributed by atoms with Crippen LogP contribution < -0.4 is 10.2 Å². The van der Waals surface area contributed by atoms with Crippen molar-refractivity contribution in [2.45, 2.75) is 13.8 Å². The molecule has 8 heteroatoms. The molecule has 1 saturated heterocycles. The largest absolute Gasteiger partial charge is 0.478 e. The molecular formula is C24H19N3O4S. The molecule has 1 fully saturated rings. The molecule has 2 aromatic carbocycles. The molecule has 0 saturated carbocycles. The van der Waals surface area contributed by atoms with E-state index in [-0.39, 0.29) is 16.2 Å². The minimum Gasteiger partial charge on any atom is -0.478 e. The van der Waals surface area contributed by atoms with Gasteiger partial charge < -0.3 is 9.67 Å². The lowest BCUT2D eigenvalue weighted by molar-refractivity contribution is -0.122. The van der Waals surface area contributed by atoms with E-state index in [2.05, 4.69) is 5.32 Å². The second-order valence-corrected chi connectivity index (χ2v) is 7.69. The number of nitrogens with one attached hydrogen (secondary N) is 1. The molecule has 0 aliphatic carbocycles. The lowest BCUT2D eigenvalue weighted by Gasteiger charge is -2.29. The third kappa shape index (κ3) is 3.72. The molecule has 3 aromatic rings. The standard InChI is InChI=1S/C24H19N3O4S/c1-14-12-17(15(2)26(14)18-6-4-3-5-7-18)13-20-21(28)25-24(32)27(22(20)29)19-10-8-16(9-11-19)23(30)31/h3-13H,1-2H3,(H,30,31)(H,25,28,32)/b20-13-. The third-order valence-corrected chi connectivity index (χ3v) is 5.54. The molecule has 0 unspecified atom stereocenters. The maximum Gasteiger partial charge on any atom is 0.335 e. The Morgan fingerprint density at radius 3 is 2.28 bits per heavy atom. The van der Waals surface area contributed by atoms with Gasteiger partial charge in [-0.2, -0.15) is 0 Å². The molecule has 32 heavy (non-hydrogen) atoms. The number of hydrogen-bond acceptors (Lipinski definition) is 4. The van der Waals surface area contributed by atoms with Gasteiger partial charge in [-0.3, -0.25) is 19.8 Å². The van der Waals surface area contributed by atoms with E-state index in [1.165, 1.54) is 29.2 Å². The molecule has 4 rings (SSSR count). The fourth-order valence-electron chi connectivity index (χ4n) is 3.71. The van der Waals surface area contributed by atoms with Crippen molar-refractivity contribution in [3.63, 3.8) is 0 Å². The highest BCUT2D eigenvalue weighted by molar-refractivity contribution is 7.80. The highest BCUT2D eigenvalue weighted by Crippen LogP contribution is 2.26. The predicted octanol–water partition coefficient (Wildman–Crippen LogP) is 3.62. The highest BCUT2D eigenvalue weighted by Gasteiger charge is 2.34. The van der Waals surface area contributed by atoms with Crippen LogP contribution in [-0.2, 0) is 9.59 Å². The Morgan fingerprint density at radius 2 is 1.66 bits per heavy atom. The Morgan fingerprint density at radius 1 is 1.00 bits per heavy atom. The minimum absolute atomic E-state index is 0.0602. The lowest BCUT2D eigenvalue weighted by atomic mass is 10.1. The van der Waals surface area contributed by atoms with Crippen LogP contribution in [-0.4, -0.2) is 32.6 Å². The number of carboxylic acid groups (broad SMARTS) is 1. The molecule has 0 atom stereocenters. The first-order valence-electron chi connectivity index (χ1n) is 9.77. The Hall–Kier alpha value is -4.04. The Kier molecular flexibility index (Phi) is 5.46. The van der Waals surface area contributed by atoms with Gasteiger partial charge in [0.15, 0.2) is 5.11 Å². The van der Waals surface area contributed by atoms with Gasteiger partial charge in [-0.05, 0) is 80.2 Å². The molecule has 1 aliphatic rings. The van der Waals surface area contributed by atoms with Crippen LogP contribution in [0.4, 0.5) is 5.69 Å². The first kappa shape index (κ1) is 21.2. The van der Waals surface area contributed by atoms with Gasteiger partial charge in [0.1, 0.15) is 5.57 Å². The average Bonchev–Trinajstić information content (AvgIpc) is 3.04. The van der Waals surface area contributed by atoms with Gasteiger partial charge in [0, 0.05) is 17.1 Å². The number of rotatable bonds is 4. The van der Waals surface area contributed by atoms with Crippen LogP contribution in [0.1, 0.15) is 27.3 Å². The summed E-state index contributed by atoms with van der Waals surface area (Å²) in [5, 5.41) is 11.6. The van der Waals surface area contributed by atoms with Crippen LogP contribution in [0.25, 0.3) is 11.8 Å². The van der Waals surface area contributed by atoms with Gasteiger partial charge in [-0.1, -0.05) is 18.2 Å². The van der Waals surface area contributed by atoms with Crippen molar-refractivity contribution in [3.8, 4) is 5.69 Å².